The lowest BCUT2D eigenvalue weighted by Crippen LogP contribution is -2.41. The van der Waals surface area contributed by atoms with Crippen LogP contribution in [0.1, 0.15) is 19.4 Å². The van der Waals surface area contributed by atoms with Crippen molar-refractivity contribution >= 4 is 23.5 Å². The van der Waals surface area contributed by atoms with Crippen LogP contribution in [-0.2, 0) is 20.7 Å². The minimum absolute atomic E-state index is 0.0442. The molecule has 0 aliphatic carbocycles. The van der Waals surface area contributed by atoms with Crippen LogP contribution in [0.15, 0.2) is 24.3 Å². The Hall–Kier alpha value is -1.55. The highest BCUT2D eigenvalue weighted by atomic mass is 35.5. The molecule has 0 atom stereocenters. The molecule has 19 heavy (non-hydrogen) atoms. The van der Waals surface area contributed by atoms with Gasteiger partial charge in [0.25, 0.3) is 0 Å². The largest absolute Gasteiger partial charge is 0.468 e. The number of rotatable bonds is 5. The Kier molecular flexibility index (Phi) is 5.83. The molecular weight excluding hydrogens is 266 g/mol. The van der Waals surface area contributed by atoms with Gasteiger partial charge in [0.2, 0.25) is 5.91 Å². The summed E-state index contributed by atoms with van der Waals surface area (Å²) in [5.74, 6) is -0.574. The van der Waals surface area contributed by atoms with Gasteiger partial charge in [-0.05, 0) is 25.5 Å². The highest BCUT2D eigenvalue weighted by molar-refractivity contribution is 6.31. The first kappa shape index (κ1) is 15.5. The quantitative estimate of drug-likeness (QED) is 0.779. The van der Waals surface area contributed by atoms with Gasteiger partial charge in [-0.25, -0.2) is 0 Å². The summed E-state index contributed by atoms with van der Waals surface area (Å²) in [6.45, 7) is 3.67. The number of amides is 1. The van der Waals surface area contributed by atoms with Gasteiger partial charge in [-0.2, -0.15) is 0 Å². The molecule has 1 aromatic rings. The molecule has 0 bridgehead atoms. The topological polar surface area (TPSA) is 46.6 Å². The number of halogens is 1. The molecule has 4 nitrogen and oxygen atoms in total. The SMILES string of the molecule is COC(=O)CN(C(=O)Cc1ccccc1Cl)C(C)C. The molecule has 0 heterocycles. The molecule has 104 valence electrons. The summed E-state index contributed by atoms with van der Waals surface area (Å²) in [6.07, 6.45) is 0.175. The molecule has 0 N–H and O–H groups in total. The van der Waals surface area contributed by atoms with Crippen LogP contribution in [0.25, 0.3) is 0 Å². The second kappa shape index (κ2) is 7.14. The molecule has 0 radical (unpaired) electrons. The molecule has 0 aliphatic rings. The monoisotopic (exact) mass is 283 g/mol. The second-order valence-electron chi connectivity index (χ2n) is 4.46. The maximum atomic E-state index is 12.2. The van der Waals surface area contributed by atoms with Gasteiger partial charge >= 0.3 is 5.97 Å². The third-order valence-corrected chi connectivity index (χ3v) is 3.14. The minimum Gasteiger partial charge on any atom is -0.468 e. The predicted octanol–water partition coefficient (Wildman–Crippen LogP) is 2.29. The van der Waals surface area contributed by atoms with Gasteiger partial charge in [0.1, 0.15) is 6.54 Å². The first-order valence-electron chi connectivity index (χ1n) is 6.05. The fourth-order valence-electron chi connectivity index (χ4n) is 1.67. The average Bonchev–Trinajstić information content (AvgIpc) is 2.37. The summed E-state index contributed by atoms with van der Waals surface area (Å²) in [4.78, 5) is 25.0. The van der Waals surface area contributed by atoms with Gasteiger partial charge in [0, 0.05) is 11.1 Å². The number of nitrogens with zero attached hydrogens (tertiary/aromatic N) is 1. The molecule has 5 heteroatoms. The van der Waals surface area contributed by atoms with Crippen molar-refractivity contribution in [3.05, 3.63) is 34.9 Å². The Labute approximate surface area is 118 Å². The molecule has 0 fully saturated rings. The maximum Gasteiger partial charge on any atom is 0.325 e. The Balaban J connectivity index is 2.78. The van der Waals surface area contributed by atoms with Crippen LogP contribution < -0.4 is 0 Å². The molecule has 0 aliphatic heterocycles. The van der Waals surface area contributed by atoms with Crippen molar-refractivity contribution in [2.45, 2.75) is 26.3 Å². The van der Waals surface area contributed by atoms with Crippen LogP contribution in [-0.4, -0.2) is 36.5 Å². The zero-order valence-corrected chi connectivity index (χ0v) is 12.1. The number of ether oxygens (including phenoxy) is 1. The van der Waals surface area contributed by atoms with Crippen molar-refractivity contribution in [2.75, 3.05) is 13.7 Å². The van der Waals surface area contributed by atoms with Crippen LogP contribution in [0, 0.1) is 0 Å². The van der Waals surface area contributed by atoms with Gasteiger partial charge in [0.05, 0.1) is 13.5 Å². The highest BCUT2D eigenvalue weighted by Crippen LogP contribution is 2.16. The molecule has 1 rings (SSSR count). The number of carbonyl (C=O) groups excluding carboxylic acids is 2. The summed E-state index contributed by atoms with van der Waals surface area (Å²) < 4.78 is 4.60. The normalized spacial score (nSPS) is 10.4. The van der Waals surface area contributed by atoms with E-state index < -0.39 is 5.97 Å². The third kappa shape index (κ3) is 4.56. The van der Waals surface area contributed by atoms with Gasteiger partial charge in [-0.3, -0.25) is 9.59 Å². The van der Waals surface area contributed by atoms with Gasteiger partial charge < -0.3 is 9.64 Å². The Morgan fingerprint density at radius 3 is 2.47 bits per heavy atom. The zero-order chi connectivity index (χ0) is 14.4. The van der Waals surface area contributed by atoms with E-state index in [0.717, 1.165) is 5.56 Å². The molecule has 0 saturated heterocycles. The first-order valence-corrected chi connectivity index (χ1v) is 6.43. The van der Waals surface area contributed by atoms with Crippen molar-refractivity contribution in [2.24, 2.45) is 0 Å². The van der Waals surface area contributed by atoms with Gasteiger partial charge in [-0.15, -0.1) is 0 Å². The fraction of sp³-hybridized carbons (Fsp3) is 0.429. The molecule has 1 amide bonds. The van der Waals surface area contributed by atoms with Gasteiger partial charge in [-0.1, -0.05) is 29.8 Å². The number of esters is 1. The number of hydrogen-bond acceptors (Lipinski definition) is 3. The van der Waals surface area contributed by atoms with Gasteiger partial charge in [0.15, 0.2) is 0 Å². The van der Waals surface area contributed by atoms with Crippen LogP contribution in [0.2, 0.25) is 5.02 Å². The van der Waals surface area contributed by atoms with Crippen molar-refractivity contribution in [3.8, 4) is 0 Å². The van der Waals surface area contributed by atoms with Crippen LogP contribution in [0.5, 0.6) is 0 Å². The lowest BCUT2D eigenvalue weighted by atomic mass is 10.1. The predicted molar refractivity (Wildman–Crippen MR) is 74.0 cm³/mol. The molecule has 0 saturated carbocycles. The van der Waals surface area contributed by atoms with E-state index in [4.69, 9.17) is 11.6 Å². The summed E-state index contributed by atoms with van der Waals surface area (Å²) in [6, 6.07) is 7.11. The number of hydrogen-bond donors (Lipinski definition) is 0. The molecular formula is C14H18ClNO3. The van der Waals surface area contributed by atoms with Crippen LogP contribution in [0.4, 0.5) is 0 Å². The Morgan fingerprint density at radius 1 is 1.32 bits per heavy atom. The van der Waals surface area contributed by atoms with E-state index in [1.807, 2.05) is 26.0 Å². The van der Waals surface area contributed by atoms with Crippen molar-refractivity contribution in [3.63, 3.8) is 0 Å². The third-order valence-electron chi connectivity index (χ3n) is 2.77. The summed E-state index contributed by atoms with van der Waals surface area (Å²) in [5.41, 5.74) is 0.754. The van der Waals surface area contributed by atoms with E-state index in [1.54, 1.807) is 12.1 Å². The number of benzene rings is 1. The molecule has 0 aromatic heterocycles. The number of carbonyl (C=O) groups is 2. The average molecular weight is 284 g/mol. The number of methoxy groups -OCH3 is 1. The maximum absolute atomic E-state index is 12.2. The van der Waals surface area contributed by atoms with E-state index in [-0.39, 0.29) is 24.9 Å². The van der Waals surface area contributed by atoms with Crippen molar-refractivity contribution < 1.29 is 14.3 Å². The lowest BCUT2D eigenvalue weighted by molar-refractivity contribution is -0.148. The standard InChI is InChI=1S/C14H18ClNO3/c1-10(2)16(9-14(18)19-3)13(17)8-11-6-4-5-7-12(11)15/h4-7,10H,8-9H2,1-3H3. The smallest absolute Gasteiger partial charge is 0.325 e. The molecule has 0 spiro atoms. The summed E-state index contributed by atoms with van der Waals surface area (Å²) >= 11 is 6.02. The molecule has 0 unspecified atom stereocenters. The van der Waals surface area contributed by atoms with Crippen LogP contribution >= 0.6 is 11.6 Å². The Bertz CT molecular complexity index is 460. The minimum atomic E-state index is -0.429. The van der Waals surface area contributed by atoms with E-state index in [0.29, 0.717) is 5.02 Å². The van der Waals surface area contributed by atoms with Crippen LogP contribution in [0.3, 0.4) is 0 Å². The van der Waals surface area contributed by atoms with E-state index >= 15 is 0 Å². The highest BCUT2D eigenvalue weighted by Gasteiger charge is 2.21. The lowest BCUT2D eigenvalue weighted by Gasteiger charge is -2.25. The van der Waals surface area contributed by atoms with Crippen molar-refractivity contribution in [1.29, 1.82) is 0 Å². The first-order chi connectivity index (χ1) is 8.95. The zero-order valence-electron chi connectivity index (χ0n) is 11.4. The van der Waals surface area contributed by atoms with E-state index in [9.17, 15) is 9.59 Å². The fourth-order valence-corrected chi connectivity index (χ4v) is 1.87. The molecule has 1 aromatic carbocycles. The second-order valence-corrected chi connectivity index (χ2v) is 4.87. The summed E-state index contributed by atoms with van der Waals surface area (Å²) in [5, 5.41) is 0.553. The van der Waals surface area contributed by atoms with E-state index in [2.05, 4.69) is 4.74 Å². The Morgan fingerprint density at radius 2 is 1.95 bits per heavy atom. The van der Waals surface area contributed by atoms with E-state index in [1.165, 1.54) is 12.0 Å². The van der Waals surface area contributed by atoms with Crippen molar-refractivity contribution in [1.82, 2.24) is 4.90 Å². The summed E-state index contributed by atoms with van der Waals surface area (Å²) in [7, 11) is 1.30.